The first kappa shape index (κ1) is 28.2. The smallest absolute Gasteiger partial charge is 0.146 e. The monoisotopic (exact) mass is 491 g/mol. The number of rotatable bonds is 7. The van der Waals surface area contributed by atoms with E-state index < -0.39 is 0 Å². The van der Waals surface area contributed by atoms with Crippen LogP contribution in [0.5, 0.6) is 5.75 Å². The van der Waals surface area contributed by atoms with E-state index in [1.165, 1.54) is 6.20 Å². The molecule has 1 aliphatic heterocycles. The molecule has 2 aromatic rings. The van der Waals surface area contributed by atoms with Crippen molar-refractivity contribution in [1.82, 2.24) is 4.98 Å². The molecule has 3 rings (SSSR count). The topological polar surface area (TPSA) is 171 Å². The maximum absolute atomic E-state index is 9.63. The van der Waals surface area contributed by atoms with Crippen LogP contribution in [0, 0.1) is 16.7 Å². The summed E-state index contributed by atoms with van der Waals surface area (Å²) in [4.78, 5) is 6.60. The fourth-order valence-electron chi connectivity index (χ4n) is 3.65. The average molecular weight is 492 g/mol. The Morgan fingerprint density at radius 1 is 1.28 bits per heavy atom. The number of benzene rings is 1. The highest BCUT2D eigenvalue weighted by Crippen LogP contribution is 2.27. The van der Waals surface area contributed by atoms with Gasteiger partial charge in [0.25, 0.3) is 0 Å². The Balaban J connectivity index is 0.00000106. The molecule has 0 aliphatic carbocycles. The molecule has 1 aromatic carbocycles. The lowest BCUT2D eigenvalue weighted by atomic mass is 10.0. The lowest BCUT2D eigenvalue weighted by molar-refractivity contribution is 0.216. The molecule has 1 fully saturated rings. The normalized spacial score (nSPS) is 14.0. The second-order valence-corrected chi connectivity index (χ2v) is 8.92. The molecule has 0 saturated carbocycles. The van der Waals surface area contributed by atoms with Gasteiger partial charge in [0.15, 0.2) is 0 Å². The number of nitrogens with two attached hydrogens (primary N) is 3. The Labute approximate surface area is 213 Å². The molecule has 0 spiro atoms. The molecule has 9 nitrogen and oxygen atoms in total. The summed E-state index contributed by atoms with van der Waals surface area (Å²) in [7, 11) is 0. The summed E-state index contributed by atoms with van der Waals surface area (Å²) in [5.74, 6) is 1.22. The number of nitrogens with zero attached hydrogens (tertiary/aromatic N) is 3. The molecule has 1 saturated heterocycles. The number of anilines is 2. The fraction of sp³-hybridized carbons (Fsp3) is 0.370. The van der Waals surface area contributed by atoms with Crippen LogP contribution in [0.4, 0.5) is 11.5 Å². The van der Waals surface area contributed by atoms with Crippen molar-refractivity contribution >= 4 is 17.2 Å². The van der Waals surface area contributed by atoms with Gasteiger partial charge in [-0.2, -0.15) is 5.26 Å². The van der Waals surface area contributed by atoms with Gasteiger partial charge in [-0.3, -0.25) is 5.41 Å². The number of hydrogen-bond acceptors (Lipinski definition) is 9. The first-order valence-electron chi connectivity index (χ1n) is 11.9. The summed E-state index contributed by atoms with van der Waals surface area (Å²) in [6.07, 6.45) is 5.13. The van der Waals surface area contributed by atoms with E-state index >= 15 is 0 Å². The van der Waals surface area contributed by atoms with E-state index in [0.717, 1.165) is 37.1 Å². The highest BCUT2D eigenvalue weighted by molar-refractivity contribution is 6.14. The number of aromatic nitrogens is 1. The van der Waals surface area contributed by atoms with E-state index in [1.54, 1.807) is 51.2 Å². The van der Waals surface area contributed by atoms with Crippen LogP contribution in [0.15, 0.2) is 53.5 Å². The SMILES string of the molecule is CC(=C/N)/C(COc1ccc(N)c(C(=N)c2cnc(N3CCCC3)c(C#N)c2)c1)=C(/C)N.CC(C)O. The van der Waals surface area contributed by atoms with Gasteiger partial charge in [-0.05, 0) is 76.6 Å². The molecular weight excluding hydrogens is 454 g/mol. The molecule has 1 aromatic heterocycles. The number of nitrogens with one attached hydrogen (secondary N) is 1. The van der Waals surface area contributed by atoms with Crippen LogP contribution in [0.2, 0.25) is 0 Å². The molecule has 192 valence electrons. The highest BCUT2D eigenvalue weighted by Gasteiger charge is 2.19. The summed E-state index contributed by atoms with van der Waals surface area (Å²) in [6, 6.07) is 9.06. The minimum Gasteiger partial charge on any atom is -0.489 e. The van der Waals surface area contributed by atoms with Gasteiger partial charge >= 0.3 is 0 Å². The lowest BCUT2D eigenvalue weighted by Gasteiger charge is -2.18. The average Bonchev–Trinajstić information content (AvgIpc) is 3.38. The van der Waals surface area contributed by atoms with E-state index in [-0.39, 0.29) is 18.4 Å². The summed E-state index contributed by atoms with van der Waals surface area (Å²) >= 11 is 0. The van der Waals surface area contributed by atoms with Crippen molar-refractivity contribution in [2.75, 3.05) is 30.3 Å². The van der Waals surface area contributed by atoms with Gasteiger partial charge in [-0.1, -0.05) is 0 Å². The van der Waals surface area contributed by atoms with Crippen LogP contribution >= 0.6 is 0 Å². The summed E-state index contributed by atoms with van der Waals surface area (Å²) < 4.78 is 5.90. The molecule has 0 atom stereocenters. The van der Waals surface area contributed by atoms with Gasteiger partial charge < -0.3 is 31.9 Å². The zero-order valence-corrected chi connectivity index (χ0v) is 21.5. The van der Waals surface area contributed by atoms with E-state index in [1.807, 2.05) is 6.92 Å². The Morgan fingerprint density at radius 3 is 2.47 bits per heavy atom. The Morgan fingerprint density at radius 2 is 1.92 bits per heavy atom. The Bertz CT molecular complexity index is 1170. The first-order chi connectivity index (χ1) is 17.1. The number of ether oxygens (including phenoxy) is 1. The van der Waals surface area contributed by atoms with Crippen LogP contribution < -0.4 is 26.8 Å². The number of allylic oxidation sites excluding steroid dienone is 1. The zero-order valence-electron chi connectivity index (χ0n) is 21.5. The molecule has 8 N–H and O–H groups in total. The Kier molecular flexibility index (Phi) is 10.3. The minimum atomic E-state index is -0.167. The molecule has 0 radical (unpaired) electrons. The van der Waals surface area contributed by atoms with E-state index in [4.69, 9.17) is 32.5 Å². The number of nitriles is 1. The van der Waals surface area contributed by atoms with Gasteiger partial charge in [0.05, 0.1) is 11.3 Å². The third kappa shape index (κ3) is 7.48. The third-order valence-corrected chi connectivity index (χ3v) is 5.56. The highest BCUT2D eigenvalue weighted by atomic mass is 16.5. The standard InChI is InChI=1S/C24H29N7O.C3H8O/c1-15(11-25)21(16(2)27)14-32-19-5-6-22(28)20(10-19)23(29)18-9-17(12-26)24(30-13-18)31-7-3-4-8-31;1-3(2)4/h5-6,9-11,13,29H,3-4,7-8,14,25,27-28H2,1-2H3;3-4H,1-2H3/b15-11-,21-16-,29-23?;. The lowest BCUT2D eigenvalue weighted by Crippen LogP contribution is -2.20. The van der Waals surface area contributed by atoms with Crippen molar-refractivity contribution in [3.05, 3.63) is 70.2 Å². The number of pyridine rings is 1. The van der Waals surface area contributed by atoms with Crippen molar-refractivity contribution in [3.63, 3.8) is 0 Å². The maximum Gasteiger partial charge on any atom is 0.146 e. The zero-order chi connectivity index (χ0) is 26.8. The van der Waals surface area contributed by atoms with E-state index in [2.05, 4.69) is 16.0 Å². The van der Waals surface area contributed by atoms with Gasteiger partial charge in [-0.25, -0.2) is 4.98 Å². The molecule has 1 aliphatic rings. The van der Waals surface area contributed by atoms with Crippen LogP contribution in [-0.2, 0) is 0 Å². The minimum absolute atomic E-state index is 0.167. The molecule has 36 heavy (non-hydrogen) atoms. The number of aliphatic hydroxyl groups is 1. The van der Waals surface area contributed by atoms with Gasteiger partial charge in [-0.15, -0.1) is 0 Å². The van der Waals surface area contributed by atoms with Crippen molar-refractivity contribution in [1.29, 1.82) is 10.7 Å². The van der Waals surface area contributed by atoms with Crippen LogP contribution in [0.25, 0.3) is 0 Å². The van der Waals surface area contributed by atoms with Crippen molar-refractivity contribution < 1.29 is 9.84 Å². The third-order valence-electron chi connectivity index (χ3n) is 5.56. The first-order valence-corrected chi connectivity index (χ1v) is 11.9. The Hall–Kier alpha value is -4.03. The van der Waals surface area contributed by atoms with E-state index in [9.17, 15) is 5.26 Å². The second kappa shape index (κ2) is 13.2. The van der Waals surface area contributed by atoms with Crippen molar-refractivity contribution in [3.8, 4) is 11.8 Å². The molecular formula is C27H37N7O2. The maximum atomic E-state index is 9.63. The second-order valence-electron chi connectivity index (χ2n) is 8.92. The van der Waals surface area contributed by atoms with Crippen LogP contribution in [0.3, 0.4) is 0 Å². The molecule has 0 unspecified atom stereocenters. The predicted molar refractivity (Wildman–Crippen MR) is 145 cm³/mol. The van der Waals surface area contributed by atoms with Gasteiger partial charge in [0, 0.05) is 53.5 Å². The molecule has 2 heterocycles. The predicted octanol–water partition coefficient (Wildman–Crippen LogP) is 3.41. The van der Waals surface area contributed by atoms with E-state index in [0.29, 0.717) is 39.6 Å². The molecule has 0 amide bonds. The van der Waals surface area contributed by atoms with Crippen molar-refractivity contribution in [2.24, 2.45) is 11.5 Å². The van der Waals surface area contributed by atoms with Crippen molar-refractivity contribution in [2.45, 2.75) is 46.6 Å². The van der Waals surface area contributed by atoms with Gasteiger partial charge in [0.1, 0.15) is 24.2 Å². The number of hydrogen-bond donors (Lipinski definition) is 5. The quantitative estimate of drug-likeness (QED) is 0.223. The summed E-state index contributed by atoms with van der Waals surface area (Å²) in [5, 5.41) is 26.4. The summed E-state index contributed by atoms with van der Waals surface area (Å²) in [6.45, 7) is 9.13. The van der Waals surface area contributed by atoms with Gasteiger partial charge in [0.2, 0.25) is 0 Å². The largest absolute Gasteiger partial charge is 0.489 e. The number of nitrogen functional groups attached to an aromatic ring is 1. The molecule has 0 bridgehead atoms. The fourth-order valence-corrected chi connectivity index (χ4v) is 3.65. The van der Waals surface area contributed by atoms with Crippen LogP contribution in [-0.4, -0.2) is 41.6 Å². The molecule has 9 heteroatoms. The number of aliphatic hydroxyl groups excluding tert-OH is 1. The van der Waals surface area contributed by atoms with Crippen LogP contribution in [0.1, 0.15) is 57.2 Å². The summed E-state index contributed by atoms with van der Waals surface area (Å²) in [5.41, 5.74) is 22.1.